The van der Waals surface area contributed by atoms with E-state index in [9.17, 15) is 4.79 Å². The van der Waals surface area contributed by atoms with Crippen LogP contribution in [-0.4, -0.2) is 11.1 Å². The Morgan fingerprint density at radius 2 is 2.27 bits per heavy atom. The maximum Gasteiger partial charge on any atom is 0.348 e. The van der Waals surface area contributed by atoms with Crippen LogP contribution in [0.4, 0.5) is 5.69 Å². The Labute approximate surface area is 74.3 Å². The first-order chi connectivity index (χ1) is 4.63. The van der Waals surface area contributed by atoms with Crippen molar-refractivity contribution in [3.05, 3.63) is 15.8 Å². The highest BCUT2D eigenvalue weighted by atomic mass is 35.5. The summed E-state index contributed by atoms with van der Waals surface area (Å²) in [6.45, 7) is 1.79. The number of aryl methyl sites for hydroxylation is 1. The van der Waals surface area contributed by atoms with E-state index in [1.807, 2.05) is 0 Å². The number of nitrogens with two attached hydrogens (primary N) is 1. The molecule has 1 aromatic rings. The van der Waals surface area contributed by atoms with E-state index in [1.54, 1.807) is 12.3 Å². The summed E-state index contributed by atoms with van der Waals surface area (Å²) in [5.74, 6) is -0.949. The summed E-state index contributed by atoms with van der Waals surface area (Å²) >= 11 is 1.16. The average molecular weight is 194 g/mol. The van der Waals surface area contributed by atoms with Gasteiger partial charge in [-0.3, -0.25) is 0 Å². The zero-order chi connectivity index (χ0) is 7.72. The molecule has 0 saturated heterocycles. The molecule has 1 heterocycles. The number of aromatic carboxylic acids is 1. The first-order valence-corrected chi connectivity index (χ1v) is 3.57. The van der Waals surface area contributed by atoms with Crippen molar-refractivity contribution in [2.24, 2.45) is 0 Å². The summed E-state index contributed by atoms with van der Waals surface area (Å²) in [6.07, 6.45) is 0. The maximum absolute atomic E-state index is 10.4. The number of nitrogen functional groups attached to an aromatic ring is 1. The van der Waals surface area contributed by atoms with E-state index in [0.29, 0.717) is 5.69 Å². The molecular weight excluding hydrogens is 186 g/mol. The summed E-state index contributed by atoms with van der Waals surface area (Å²) in [6, 6.07) is 0. The van der Waals surface area contributed by atoms with Gasteiger partial charge in [-0.25, -0.2) is 4.79 Å². The molecule has 0 spiro atoms. The maximum atomic E-state index is 10.4. The van der Waals surface area contributed by atoms with Crippen molar-refractivity contribution in [1.82, 2.24) is 0 Å². The highest BCUT2D eigenvalue weighted by Gasteiger charge is 2.10. The van der Waals surface area contributed by atoms with Crippen molar-refractivity contribution in [3.8, 4) is 0 Å². The van der Waals surface area contributed by atoms with Crippen LogP contribution in [0.25, 0.3) is 0 Å². The Kier molecular flexibility index (Phi) is 3.35. The molecule has 11 heavy (non-hydrogen) atoms. The van der Waals surface area contributed by atoms with E-state index < -0.39 is 5.97 Å². The number of thiophene rings is 1. The number of carboxylic acid groups (broad SMARTS) is 1. The van der Waals surface area contributed by atoms with Crippen molar-refractivity contribution in [2.75, 3.05) is 5.73 Å². The van der Waals surface area contributed by atoms with Gasteiger partial charge in [0, 0.05) is 0 Å². The molecule has 0 aliphatic carbocycles. The second-order valence-electron chi connectivity index (χ2n) is 1.97. The first kappa shape index (κ1) is 10.3. The minimum Gasteiger partial charge on any atom is -0.477 e. The van der Waals surface area contributed by atoms with Crippen LogP contribution in [0.3, 0.4) is 0 Å². The predicted molar refractivity (Wildman–Crippen MR) is 47.7 cm³/mol. The number of carbonyl (C=O) groups is 1. The van der Waals surface area contributed by atoms with Gasteiger partial charge in [-0.2, -0.15) is 0 Å². The fourth-order valence-electron chi connectivity index (χ4n) is 0.619. The number of hydrogen-bond donors (Lipinski definition) is 2. The predicted octanol–water partition coefficient (Wildman–Crippen LogP) is 1.76. The minimum atomic E-state index is -0.949. The normalized spacial score (nSPS) is 8.82. The van der Waals surface area contributed by atoms with Crippen LogP contribution in [-0.2, 0) is 0 Å². The molecule has 0 aliphatic rings. The smallest absolute Gasteiger partial charge is 0.348 e. The van der Waals surface area contributed by atoms with E-state index in [2.05, 4.69) is 0 Å². The number of halogens is 1. The summed E-state index contributed by atoms with van der Waals surface area (Å²) in [5.41, 5.74) is 6.66. The molecule has 1 rings (SSSR count). The van der Waals surface area contributed by atoms with Gasteiger partial charge in [-0.15, -0.1) is 23.7 Å². The summed E-state index contributed by atoms with van der Waals surface area (Å²) in [4.78, 5) is 10.6. The minimum absolute atomic E-state index is 0. The molecule has 62 valence electrons. The molecule has 0 unspecified atom stereocenters. The SMILES string of the molecule is Cc1csc(C(=O)O)c1N.Cl. The second-order valence-corrected chi connectivity index (χ2v) is 2.85. The summed E-state index contributed by atoms with van der Waals surface area (Å²) < 4.78 is 0. The number of hydrogen-bond acceptors (Lipinski definition) is 3. The van der Waals surface area contributed by atoms with Crippen molar-refractivity contribution >= 4 is 35.4 Å². The van der Waals surface area contributed by atoms with Crippen LogP contribution < -0.4 is 5.73 Å². The van der Waals surface area contributed by atoms with Crippen LogP contribution in [0.5, 0.6) is 0 Å². The molecule has 0 fully saturated rings. The quantitative estimate of drug-likeness (QED) is 0.715. The molecule has 0 amide bonds. The second kappa shape index (κ2) is 3.59. The monoisotopic (exact) mass is 193 g/mol. The van der Waals surface area contributed by atoms with E-state index in [0.717, 1.165) is 16.9 Å². The zero-order valence-corrected chi connectivity index (χ0v) is 7.46. The fraction of sp³-hybridized carbons (Fsp3) is 0.167. The van der Waals surface area contributed by atoms with Crippen LogP contribution in [0.2, 0.25) is 0 Å². The van der Waals surface area contributed by atoms with E-state index in [-0.39, 0.29) is 17.3 Å². The Hall–Kier alpha value is -0.740. The van der Waals surface area contributed by atoms with Crippen molar-refractivity contribution < 1.29 is 9.90 Å². The third kappa shape index (κ3) is 1.85. The largest absolute Gasteiger partial charge is 0.477 e. The van der Waals surface area contributed by atoms with E-state index in [4.69, 9.17) is 10.8 Å². The lowest BCUT2D eigenvalue weighted by Crippen LogP contribution is -1.97. The molecule has 1 aromatic heterocycles. The van der Waals surface area contributed by atoms with Crippen LogP contribution in [0, 0.1) is 6.92 Å². The zero-order valence-electron chi connectivity index (χ0n) is 5.83. The molecule has 0 radical (unpaired) electrons. The lowest BCUT2D eigenvalue weighted by atomic mass is 10.3. The van der Waals surface area contributed by atoms with Crippen LogP contribution >= 0.6 is 23.7 Å². The average Bonchev–Trinajstić information content (AvgIpc) is 2.14. The molecule has 3 nitrogen and oxygen atoms in total. The van der Waals surface area contributed by atoms with Crippen molar-refractivity contribution in [3.63, 3.8) is 0 Å². The Morgan fingerprint density at radius 1 is 1.73 bits per heavy atom. The highest BCUT2D eigenvalue weighted by Crippen LogP contribution is 2.23. The Morgan fingerprint density at radius 3 is 2.45 bits per heavy atom. The number of rotatable bonds is 1. The van der Waals surface area contributed by atoms with Gasteiger partial charge in [-0.1, -0.05) is 0 Å². The third-order valence-electron chi connectivity index (χ3n) is 1.22. The van der Waals surface area contributed by atoms with Gasteiger partial charge < -0.3 is 10.8 Å². The first-order valence-electron chi connectivity index (χ1n) is 2.69. The summed E-state index contributed by atoms with van der Waals surface area (Å²) in [5, 5.41) is 10.2. The molecule has 0 saturated carbocycles. The Balaban J connectivity index is 0.000001000. The molecule has 0 aliphatic heterocycles. The van der Waals surface area contributed by atoms with Gasteiger partial charge in [0.25, 0.3) is 0 Å². The lowest BCUT2D eigenvalue weighted by molar-refractivity contribution is 0.0703. The fourth-order valence-corrected chi connectivity index (χ4v) is 1.43. The molecule has 5 heteroatoms. The molecule has 0 atom stereocenters. The molecule has 0 aromatic carbocycles. The van der Waals surface area contributed by atoms with Crippen molar-refractivity contribution in [1.29, 1.82) is 0 Å². The van der Waals surface area contributed by atoms with Gasteiger partial charge >= 0.3 is 5.97 Å². The van der Waals surface area contributed by atoms with Crippen LogP contribution in [0.15, 0.2) is 5.38 Å². The molecule has 3 N–H and O–H groups in total. The topological polar surface area (TPSA) is 63.3 Å². The van der Waals surface area contributed by atoms with E-state index in [1.165, 1.54) is 0 Å². The third-order valence-corrected chi connectivity index (χ3v) is 2.32. The standard InChI is InChI=1S/C6H7NO2S.ClH/c1-3-2-10-5(4(3)7)6(8)9;/h2H,7H2,1H3,(H,8,9);1H. The van der Waals surface area contributed by atoms with Gasteiger partial charge in [0.15, 0.2) is 0 Å². The van der Waals surface area contributed by atoms with Crippen molar-refractivity contribution in [2.45, 2.75) is 6.92 Å². The van der Waals surface area contributed by atoms with Gasteiger partial charge in [0.1, 0.15) is 4.88 Å². The molecular formula is C6H8ClNO2S. The lowest BCUT2D eigenvalue weighted by Gasteiger charge is -1.90. The molecule has 0 bridgehead atoms. The van der Waals surface area contributed by atoms with Gasteiger partial charge in [0.05, 0.1) is 5.69 Å². The number of anilines is 1. The van der Waals surface area contributed by atoms with E-state index >= 15 is 0 Å². The van der Waals surface area contributed by atoms with Gasteiger partial charge in [-0.05, 0) is 17.9 Å². The van der Waals surface area contributed by atoms with Gasteiger partial charge in [0.2, 0.25) is 0 Å². The highest BCUT2D eigenvalue weighted by molar-refractivity contribution is 7.12. The summed E-state index contributed by atoms with van der Waals surface area (Å²) in [7, 11) is 0. The Bertz CT molecular complexity index is 272. The van der Waals surface area contributed by atoms with Crippen LogP contribution in [0.1, 0.15) is 15.2 Å². The number of carboxylic acids is 1.